The monoisotopic (exact) mass is 283 g/mol. The van der Waals surface area contributed by atoms with Crippen LogP contribution in [0.5, 0.6) is 0 Å². The Labute approximate surface area is 123 Å². The molecule has 2 aromatic carbocycles. The number of nitrogens with two attached hydrogens (primary N) is 1. The van der Waals surface area contributed by atoms with Crippen molar-refractivity contribution in [2.24, 2.45) is 0 Å². The molecule has 3 aromatic rings. The van der Waals surface area contributed by atoms with E-state index in [-0.39, 0.29) is 11.9 Å². The predicted octanol–water partition coefficient (Wildman–Crippen LogP) is 3.98. The molecule has 21 heavy (non-hydrogen) atoms. The van der Waals surface area contributed by atoms with Crippen molar-refractivity contribution < 1.29 is 4.39 Å². The largest absolute Gasteiger partial charge is 0.369 e. The number of rotatable bonds is 2. The second kappa shape index (κ2) is 4.88. The number of imidazole rings is 1. The van der Waals surface area contributed by atoms with Crippen LogP contribution in [0.3, 0.4) is 0 Å². The minimum Gasteiger partial charge on any atom is -0.369 e. The number of anilines is 1. The topological polar surface area (TPSA) is 43.8 Å². The van der Waals surface area contributed by atoms with Crippen molar-refractivity contribution in [1.29, 1.82) is 0 Å². The van der Waals surface area contributed by atoms with Crippen LogP contribution < -0.4 is 5.73 Å². The quantitative estimate of drug-likeness (QED) is 0.773. The van der Waals surface area contributed by atoms with E-state index >= 15 is 0 Å². The lowest BCUT2D eigenvalue weighted by molar-refractivity contribution is 0.604. The van der Waals surface area contributed by atoms with Crippen molar-refractivity contribution in [3.63, 3.8) is 0 Å². The SMILES string of the molecule is Cc1ccc(C(C)n2c(N)nc3c(C)cccc32)cc1F. The molecule has 1 unspecified atom stereocenters. The molecule has 0 aliphatic heterocycles. The van der Waals surface area contributed by atoms with E-state index in [0.717, 1.165) is 22.2 Å². The fourth-order valence-corrected chi connectivity index (χ4v) is 2.70. The summed E-state index contributed by atoms with van der Waals surface area (Å²) in [4.78, 5) is 4.45. The van der Waals surface area contributed by atoms with E-state index in [4.69, 9.17) is 5.73 Å². The molecule has 1 heterocycles. The van der Waals surface area contributed by atoms with E-state index in [1.807, 2.05) is 42.7 Å². The molecule has 1 atom stereocenters. The maximum Gasteiger partial charge on any atom is 0.201 e. The van der Waals surface area contributed by atoms with Crippen molar-refractivity contribution >= 4 is 17.0 Å². The molecular weight excluding hydrogens is 265 g/mol. The lowest BCUT2D eigenvalue weighted by Gasteiger charge is -2.17. The van der Waals surface area contributed by atoms with Gasteiger partial charge >= 0.3 is 0 Å². The summed E-state index contributed by atoms with van der Waals surface area (Å²) >= 11 is 0. The third-order valence-corrected chi connectivity index (χ3v) is 4.01. The van der Waals surface area contributed by atoms with Gasteiger partial charge in [-0.2, -0.15) is 0 Å². The van der Waals surface area contributed by atoms with Crippen LogP contribution >= 0.6 is 0 Å². The Morgan fingerprint density at radius 2 is 1.90 bits per heavy atom. The smallest absolute Gasteiger partial charge is 0.201 e. The first-order valence-electron chi connectivity index (χ1n) is 6.98. The number of hydrogen-bond donors (Lipinski definition) is 1. The van der Waals surface area contributed by atoms with Gasteiger partial charge in [-0.15, -0.1) is 0 Å². The Morgan fingerprint density at radius 3 is 2.62 bits per heavy atom. The Kier molecular flexibility index (Phi) is 3.16. The van der Waals surface area contributed by atoms with Crippen molar-refractivity contribution in [3.05, 3.63) is 58.9 Å². The molecule has 0 saturated heterocycles. The average Bonchev–Trinajstić information content (AvgIpc) is 2.79. The molecule has 0 radical (unpaired) electrons. The molecular formula is C17H18FN3. The van der Waals surface area contributed by atoms with Gasteiger partial charge in [0.1, 0.15) is 5.82 Å². The fraction of sp³-hybridized carbons (Fsp3) is 0.235. The molecule has 3 rings (SSSR count). The Balaban J connectivity index is 2.17. The van der Waals surface area contributed by atoms with E-state index in [1.54, 1.807) is 19.1 Å². The van der Waals surface area contributed by atoms with Crippen LogP contribution in [-0.4, -0.2) is 9.55 Å². The first kappa shape index (κ1) is 13.6. The van der Waals surface area contributed by atoms with Gasteiger partial charge in [-0.05, 0) is 49.6 Å². The predicted molar refractivity (Wildman–Crippen MR) is 83.8 cm³/mol. The van der Waals surface area contributed by atoms with Crippen LogP contribution in [0.1, 0.15) is 29.7 Å². The van der Waals surface area contributed by atoms with Gasteiger partial charge in [-0.25, -0.2) is 9.37 Å². The lowest BCUT2D eigenvalue weighted by Crippen LogP contribution is -2.10. The third-order valence-electron chi connectivity index (χ3n) is 4.01. The van der Waals surface area contributed by atoms with Gasteiger partial charge in [0.15, 0.2) is 0 Å². The lowest BCUT2D eigenvalue weighted by atomic mass is 10.1. The van der Waals surface area contributed by atoms with Gasteiger partial charge in [-0.3, -0.25) is 0 Å². The number of nitrogens with zero attached hydrogens (tertiary/aromatic N) is 2. The van der Waals surface area contributed by atoms with Gasteiger partial charge in [0, 0.05) is 0 Å². The van der Waals surface area contributed by atoms with Gasteiger partial charge in [0.25, 0.3) is 0 Å². The second-order valence-corrected chi connectivity index (χ2v) is 5.47. The number of aromatic nitrogens is 2. The molecule has 0 spiro atoms. The van der Waals surface area contributed by atoms with Crippen LogP contribution in [0.15, 0.2) is 36.4 Å². The molecule has 1 aromatic heterocycles. The fourth-order valence-electron chi connectivity index (χ4n) is 2.70. The van der Waals surface area contributed by atoms with Crippen molar-refractivity contribution in [2.45, 2.75) is 26.8 Å². The zero-order chi connectivity index (χ0) is 15.1. The Hall–Kier alpha value is -2.36. The van der Waals surface area contributed by atoms with Crippen molar-refractivity contribution in [2.75, 3.05) is 5.73 Å². The van der Waals surface area contributed by atoms with Crippen molar-refractivity contribution in [1.82, 2.24) is 9.55 Å². The highest BCUT2D eigenvalue weighted by Crippen LogP contribution is 2.29. The number of benzene rings is 2. The van der Waals surface area contributed by atoms with E-state index < -0.39 is 0 Å². The molecule has 3 nitrogen and oxygen atoms in total. The first-order chi connectivity index (χ1) is 9.99. The van der Waals surface area contributed by atoms with Crippen LogP contribution in [0.2, 0.25) is 0 Å². The maximum absolute atomic E-state index is 13.8. The number of para-hydroxylation sites is 1. The van der Waals surface area contributed by atoms with Crippen LogP contribution in [0.4, 0.5) is 10.3 Å². The molecule has 0 bridgehead atoms. The molecule has 0 aliphatic carbocycles. The molecule has 2 N–H and O–H groups in total. The van der Waals surface area contributed by atoms with Gasteiger partial charge < -0.3 is 10.3 Å². The van der Waals surface area contributed by atoms with Gasteiger partial charge in [-0.1, -0.05) is 24.3 Å². The second-order valence-electron chi connectivity index (χ2n) is 5.47. The van der Waals surface area contributed by atoms with Crippen molar-refractivity contribution in [3.8, 4) is 0 Å². The minimum atomic E-state index is -0.196. The summed E-state index contributed by atoms with van der Waals surface area (Å²) < 4.78 is 15.8. The number of halogens is 1. The van der Waals surface area contributed by atoms with E-state index in [0.29, 0.717) is 11.5 Å². The minimum absolute atomic E-state index is 0.0769. The van der Waals surface area contributed by atoms with E-state index in [1.165, 1.54) is 0 Å². The normalized spacial score (nSPS) is 12.8. The van der Waals surface area contributed by atoms with Crippen LogP contribution in [0.25, 0.3) is 11.0 Å². The van der Waals surface area contributed by atoms with Crippen LogP contribution in [0, 0.1) is 19.7 Å². The highest BCUT2D eigenvalue weighted by Gasteiger charge is 2.17. The summed E-state index contributed by atoms with van der Waals surface area (Å²) in [5, 5.41) is 0. The summed E-state index contributed by atoms with van der Waals surface area (Å²) in [5.41, 5.74) is 10.6. The Morgan fingerprint density at radius 1 is 1.14 bits per heavy atom. The summed E-state index contributed by atoms with van der Waals surface area (Å²) in [6, 6.07) is 11.2. The summed E-state index contributed by atoms with van der Waals surface area (Å²) in [6.45, 7) is 5.77. The maximum atomic E-state index is 13.8. The molecule has 0 amide bonds. The first-order valence-corrected chi connectivity index (χ1v) is 6.98. The summed E-state index contributed by atoms with van der Waals surface area (Å²) in [5.74, 6) is 0.256. The molecule has 0 saturated carbocycles. The standard InChI is InChI=1S/C17H18FN3/c1-10-7-8-13(9-14(10)18)12(3)21-15-6-4-5-11(2)16(15)20-17(21)19/h4-9,12H,1-3H3,(H2,19,20). The summed E-state index contributed by atoms with van der Waals surface area (Å²) in [7, 11) is 0. The van der Waals surface area contributed by atoms with Gasteiger partial charge in [0.2, 0.25) is 5.95 Å². The van der Waals surface area contributed by atoms with E-state index in [9.17, 15) is 4.39 Å². The average molecular weight is 283 g/mol. The molecule has 4 heteroatoms. The molecule has 0 aliphatic rings. The molecule has 0 fully saturated rings. The van der Waals surface area contributed by atoms with Crippen LogP contribution in [-0.2, 0) is 0 Å². The number of hydrogen-bond acceptors (Lipinski definition) is 2. The van der Waals surface area contributed by atoms with E-state index in [2.05, 4.69) is 4.98 Å². The highest BCUT2D eigenvalue weighted by molar-refractivity contribution is 5.81. The number of nitrogen functional groups attached to an aromatic ring is 1. The highest BCUT2D eigenvalue weighted by atomic mass is 19.1. The van der Waals surface area contributed by atoms with Gasteiger partial charge in [0.05, 0.1) is 17.1 Å². The third kappa shape index (κ3) is 2.17. The summed E-state index contributed by atoms with van der Waals surface area (Å²) in [6.07, 6.45) is 0. The zero-order valence-electron chi connectivity index (χ0n) is 12.4. The number of aryl methyl sites for hydroxylation is 2. The molecule has 108 valence electrons. The number of fused-ring (bicyclic) bond motifs is 1. The zero-order valence-corrected chi connectivity index (χ0v) is 12.4. The Bertz CT molecular complexity index is 820.